The normalized spacial score (nSPS) is 19.6. The van der Waals surface area contributed by atoms with Gasteiger partial charge in [0, 0.05) is 13.1 Å². The van der Waals surface area contributed by atoms with E-state index in [0.29, 0.717) is 19.0 Å². The maximum atomic E-state index is 12.1. The summed E-state index contributed by atoms with van der Waals surface area (Å²) in [6.07, 6.45) is 2.06. The van der Waals surface area contributed by atoms with E-state index >= 15 is 0 Å². The molecular formula is C14H29N3O4S. The smallest absolute Gasteiger partial charge is 0.237 e. The molecule has 1 aliphatic heterocycles. The highest BCUT2D eigenvalue weighted by molar-refractivity contribution is 7.89. The van der Waals surface area contributed by atoms with E-state index in [4.69, 9.17) is 4.74 Å². The van der Waals surface area contributed by atoms with Crippen LogP contribution in [-0.2, 0) is 19.6 Å². The number of amides is 1. The number of nitrogens with one attached hydrogen (secondary N) is 2. The van der Waals surface area contributed by atoms with Gasteiger partial charge in [-0.15, -0.1) is 0 Å². The minimum absolute atomic E-state index is 0.00529. The van der Waals surface area contributed by atoms with Crippen molar-refractivity contribution in [2.45, 2.75) is 32.8 Å². The van der Waals surface area contributed by atoms with E-state index in [9.17, 15) is 13.2 Å². The topological polar surface area (TPSA) is 87.7 Å². The molecule has 0 saturated carbocycles. The molecule has 0 aliphatic carbocycles. The SMILES string of the molecule is CNCC1CCCN(C(=O)CNS(=O)(=O)CCOC(C)C)C1. The molecule has 0 aromatic heterocycles. The van der Waals surface area contributed by atoms with Gasteiger partial charge < -0.3 is 15.0 Å². The van der Waals surface area contributed by atoms with E-state index in [1.807, 2.05) is 20.9 Å². The molecular weight excluding hydrogens is 306 g/mol. The highest BCUT2D eigenvalue weighted by atomic mass is 32.2. The van der Waals surface area contributed by atoms with Gasteiger partial charge in [0.25, 0.3) is 0 Å². The highest BCUT2D eigenvalue weighted by Crippen LogP contribution is 2.15. The molecule has 0 spiro atoms. The summed E-state index contributed by atoms with van der Waals surface area (Å²) in [5.41, 5.74) is 0. The summed E-state index contributed by atoms with van der Waals surface area (Å²) in [4.78, 5) is 13.9. The molecule has 1 rings (SSSR count). The Balaban J connectivity index is 2.35. The van der Waals surface area contributed by atoms with Crippen molar-refractivity contribution >= 4 is 15.9 Å². The third-order valence-electron chi connectivity index (χ3n) is 3.61. The van der Waals surface area contributed by atoms with Gasteiger partial charge in [-0.1, -0.05) is 0 Å². The van der Waals surface area contributed by atoms with E-state index < -0.39 is 10.0 Å². The Bertz CT molecular complexity index is 437. The minimum atomic E-state index is -3.47. The average molecular weight is 335 g/mol. The first-order valence-corrected chi connectivity index (χ1v) is 9.50. The quantitative estimate of drug-likeness (QED) is 0.609. The lowest BCUT2D eigenvalue weighted by Crippen LogP contribution is -2.46. The average Bonchev–Trinajstić information content (AvgIpc) is 2.45. The molecule has 0 aromatic rings. The number of nitrogens with zero attached hydrogens (tertiary/aromatic N) is 1. The summed E-state index contributed by atoms with van der Waals surface area (Å²) in [7, 11) is -1.57. The minimum Gasteiger partial charge on any atom is -0.378 e. The molecule has 22 heavy (non-hydrogen) atoms. The fourth-order valence-corrected chi connectivity index (χ4v) is 3.30. The Morgan fingerprint density at radius 3 is 2.77 bits per heavy atom. The molecule has 1 amide bonds. The Kier molecular flexibility index (Phi) is 8.30. The number of likely N-dealkylation sites (tertiary alicyclic amines) is 1. The summed E-state index contributed by atoms with van der Waals surface area (Å²) in [5, 5.41) is 3.12. The Labute approximate surface area is 133 Å². The van der Waals surface area contributed by atoms with Gasteiger partial charge >= 0.3 is 0 Å². The second-order valence-electron chi connectivity index (χ2n) is 5.97. The number of hydrogen-bond acceptors (Lipinski definition) is 5. The molecule has 130 valence electrons. The van der Waals surface area contributed by atoms with E-state index in [1.165, 1.54) is 0 Å². The van der Waals surface area contributed by atoms with Crippen LogP contribution in [0, 0.1) is 5.92 Å². The van der Waals surface area contributed by atoms with Crippen molar-refractivity contribution < 1.29 is 17.9 Å². The Morgan fingerprint density at radius 1 is 1.41 bits per heavy atom. The lowest BCUT2D eigenvalue weighted by Gasteiger charge is -2.32. The lowest BCUT2D eigenvalue weighted by atomic mass is 9.98. The molecule has 1 heterocycles. The van der Waals surface area contributed by atoms with Crippen molar-refractivity contribution in [2.24, 2.45) is 5.92 Å². The summed E-state index contributed by atoms with van der Waals surface area (Å²) in [5.74, 6) is 0.161. The first-order chi connectivity index (χ1) is 10.3. The van der Waals surface area contributed by atoms with Crippen LogP contribution < -0.4 is 10.0 Å². The zero-order chi connectivity index (χ0) is 16.6. The van der Waals surface area contributed by atoms with Gasteiger partial charge in [0.1, 0.15) is 0 Å². The van der Waals surface area contributed by atoms with Crippen LogP contribution in [0.25, 0.3) is 0 Å². The largest absolute Gasteiger partial charge is 0.378 e. The number of rotatable bonds is 9. The van der Waals surface area contributed by atoms with E-state index in [1.54, 1.807) is 4.90 Å². The molecule has 1 atom stereocenters. The molecule has 0 aromatic carbocycles. The highest BCUT2D eigenvalue weighted by Gasteiger charge is 2.24. The molecule has 1 saturated heterocycles. The second kappa shape index (κ2) is 9.44. The zero-order valence-corrected chi connectivity index (χ0v) is 14.6. The number of piperidine rings is 1. The van der Waals surface area contributed by atoms with Crippen molar-refractivity contribution in [3.8, 4) is 0 Å². The number of hydrogen-bond donors (Lipinski definition) is 2. The predicted molar refractivity (Wildman–Crippen MR) is 86.1 cm³/mol. The van der Waals surface area contributed by atoms with Crippen LogP contribution in [0.15, 0.2) is 0 Å². The van der Waals surface area contributed by atoms with Gasteiger partial charge in [-0.05, 0) is 46.2 Å². The molecule has 0 radical (unpaired) electrons. The lowest BCUT2D eigenvalue weighted by molar-refractivity contribution is -0.131. The maximum absolute atomic E-state index is 12.1. The van der Waals surface area contributed by atoms with Crippen LogP contribution in [0.5, 0.6) is 0 Å². The standard InChI is InChI=1S/C14H29N3O4S/c1-12(2)21-7-8-22(19,20)16-10-14(18)17-6-4-5-13(11-17)9-15-3/h12-13,15-16H,4-11H2,1-3H3. The maximum Gasteiger partial charge on any atom is 0.237 e. The molecule has 2 N–H and O–H groups in total. The molecule has 1 aliphatic rings. The first-order valence-electron chi connectivity index (χ1n) is 7.85. The molecule has 7 nitrogen and oxygen atoms in total. The fraction of sp³-hybridized carbons (Fsp3) is 0.929. The van der Waals surface area contributed by atoms with Crippen LogP contribution in [0.4, 0.5) is 0 Å². The summed E-state index contributed by atoms with van der Waals surface area (Å²) in [6.45, 7) is 5.94. The van der Waals surface area contributed by atoms with E-state index in [0.717, 1.165) is 19.4 Å². The number of carbonyl (C=O) groups is 1. The number of carbonyl (C=O) groups excluding carboxylic acids is 1. The van der Waals surface area contributed by atoms with Gasteiger partial charge in [-0.2, -0.15) is 0 Å². The van der Waals surface area contributed by atoms with Gasteiger partial charge in [0.2, 0.25) is 15.9 Å². The van der Waals surface area contributed by atoms with E-state index in [-0.39, 0.29) is 30.9 Å². The van der Waals surface area contributed by atoms with E-state index in [2.05, 4.69) is 10.0 Å². The summed E-state index contributed by atoms with van der Waals surface area (Å²) < 4.78 is 31.2. The Hall–Kier alpha value is -0.700. The Morgan fingerprint density at radius 2 is 2.14 bits per heavy atom. The van der Waals surface area contributed by atoms with Crippen molar-refractivity contribution in [3.05, 3.63) is 0 Å². The first kappa shape index (κ1) is 19.3. The van der Waals surface area contributed by atoms with Crippen molar-refractivity contribution in [3.63, 3.8) is 0 Å². The van der Waals surface area contributed by atoms with Gasteiger partial charge in [-0.25, -0.2) is 13.1 Å². The summed E-state index contributed by atoms with van der Waals surface area (Å²) >= 11 is 0. The third kappa shape index (κ3) is 7.53. The zero-order valence-electron chi connectivity index (χ0n) is 13.8. The predicted octanol–water partition coefficient (Wildman–Crippen LogP) is -0.211. The summed E-state index contributed by atoms with van der Waals surface area (Å²) in [6, 6.07) is 0. The molecule has 8 heteroatoms. The van der Waals surface area contributed by atoms with Crippen LogP contribution >= 0.6 is 0 Å². The number of ether oxygens (including phenoxy) is 1. The fourth-order valence-electron chi connectivity index (χ4n) is 2.50. The monoisotopic (exact) mass is 335 g/mol. The van der Waals surface area contributed by atoms with Gasteiger partial charge in [0.15, 0.2) is 0 Å². The van der Waals surface area contributed by atoms with Gasteiger partial charge in [0.05, 0.1) is 25.0 Å². The van der Waals surface area contributed by atoms with Gasteiger partial charge in [-0.3, -0.25) is 4.79 Å². The third-order valence-corrected chi connectivity index (χ3v) is 4.90. The van der Waals surface area contributed by atoms with Crippen LogP contribution in [0.1, 0.15) is 26.7 Å². The van der Waals surface area contributed by atoms with Crippen LogP contribution in [0.3, 0.4) is 0 Å². The van der Waals surface area contributed by atoms with Crippen molar-refractivity contribution in [1.29, 1.82) is 0 Å². The van der Waals surface area contributed by atoms with Crippen molar-refractivity contribution in [2.75, 3.05) is 45.6 Å². The van der Waals surface area contributed by atoms with Crippen LogP contribution in [0.2, 0.25) is 0 Å². The van der Waals surface area contributed by atoms with Crippen LogP contribution in [-0.4, -0.2) is 70.9 Å². The second-order valence-corrected chi connectivity index (χ2v) is 7.89. The molecule has 1 unspecified atom stereocenters. The molecule has 1 fully saturated rings. The number of sulfonamides is 1. The molecule has 0 bridgehead atoms. The van der Waals surface area contributed by atoms with Crippen molar-refractivity contribution in [1.82, 2.24) is 14.9 Å².